The van der Waals surface area contributed by atoms with Gasteiger partial charge < -0.3 is 14.2 Å². The molecule has 2 aromatic rings. The minimum absolute atomic E-state index is 0.0364. The van der Waals surface area contributed by atoms with Crippen LogP contribution < -0.4 is 0 Å². The molecule has 2 aromatic carbocycles. The highest BCUT2D eigenvalue weighted by Gasteiger charge is 2.41. The summed E-state index contributed by atoms with van der Waals surface area (Å²) in [6.45, 7) is 1.88. The SMILES string of the molecule is CCCc1ccc(C(F)(F)OC2CCC(C(=O)OC3CCC(OCc4ccc(C(F)(F)F)c(F)c4)CC3)CC2)c(F)c1. The molecule has 232 valence electrons. The van der Waals surface area contributed by atoms with Crippen LogP contribution in [0.15, 0.2) is 36.4 Å². The van der Waals surface area contributed by atoms with Crippen LogP contribution in [0.5, 0.6) is 0 Å². The molecule has 2 saturated carbocycles. The van der Waals surface area contributed by atoms with E-state index >= 15 is 0 Å². The van der Waals surface area contributed by atoms with Crippen molar-refractivity contribution in [3.63, 3.8) is 0 Å². The Morgan fingerprint density at radius 1 is 0.762 bits per heavy atom. The van der Waals surface area contributed by atoms with Crippen molar-refractivity contribution in [1.82, 2.24) is 0 Å². The Kier molecular flexibility index (Phi) is 10.6. The Balaban J connectivity index is 1.17. The van der Waals surface area contributed by atoms with Crippen molar-refractivity contribution >= 4 is 5.97 Å². The van der Waals surface area contributed by atoms with E-state index in [-0.39, 0.29) is 37.6 Å². The Hall–Kier alpha value is -2.66. The number of halogens is 7. The second kappa shape index (κ2) is 13.8. The van der Waals surface area contributed by atoms with Gasteiger partial charge in [0.1, 0.15) is 17.7 Å². The summed E-state index contributed by atoms with van der Waals surface area (Å²) in [5.74, 6) is -3.18. The molecule has 42 heavy (non-hydrogen) atoms. The lowest BCUT2D eigenvalue weighted by Gasteiger charge is -2.32. The maximum atomic E-state index is 14.7. The molecule has 11 heteroatoms. The lowest BCUT2D eigenvalue weighted by Crippen LogP contribution is -2.34. The van der Waals surface area contributed by atoms with Gasteiger partial charge in [-0.2, -0.15) is 22.0 Å². The molecule has 0 aromatic heterocycles. The van der Waals surface area contributed by atoms with Gasteiger partial charge in [-0.1, -0.05) is 25.5 Å². The molecule has 0 heterocycles. The molecule has 0 bridgehead atoms. The van der Waals surface area contributed by atoms with Crippen molar-refractivity contribution in [2.75, 3.05) is 0 Å². The first-order valence-corrected chi connectivity index (χ1v) is 14.4. The van der Waals surface area contributed by atoms with E-state index in [1.54, 1.807) is 0 Å². The number of esters is 1. The number of alkyl halides is 5. The van der Waals surface area contributed by atoms with Crippen LogP contribution in [0.2, 0.25) is 0 Å². The van der Waals surface area contributed by atoms with Crippen LogP contribution in [0.4, 0.5) is 30.7 Å². The summed E-state index contributed by atoms with van der Waals surface area (Å²) in [4.78, 5) is 12.7. The summed E-state index contributed by atoms with van der Waals surface area (Å²) < 4.78 is 112. The largest absolute Gasteiger partial charge is 0.462 e. The van der Waals surface area contributed by atoms with Crippen molar-refractivity contribution in [3.8, 4) is 0 Å². The van der Waals surface area contributed by atoms with E-state index in [4.69, 9.17) is 14.2 Å². The number of ether oxygens (including phenoxy) is 3. The van der Waals surface area contributed by atoms with Crippen LogP contribution in [-0.4, -0.2) is 24.3 Å². The Morgan fingerprint density at radius 2 is 1.31 bits per heavy atom. The minimum atomic E-state index is -4.76. The number of benzene rings is 2. The molecule has 0 atom stereocenters. The molecule has 0 saturated heterocycles. The van der Waals surface area contributed by atoms with Crippen LogP contribution in [0.25, 0.3) is 0 Å². The summed E-state index contributed by atoms with van der Waals surface area (Å²) in [6.07, 6.45) is -5.26. The molecule has 2 aliphatic carbocycles. The van der Waals surface area contributed by atoms with Gasteiger partial charge in [-0.25, -0.2) is 8.78 Å². The topological polar surface area (TPSA) is 44.8 Å². The highest BCUT2D eigenvalue weighted by Crippen LogP contribution is 2.38. The van der Waals surface area contributed by atoms with E-state index in [0.717, 1.165) is 24.6 Å². The molecule has 4 nitrogen and oxygen atoms in total. The number of rotatable bonds is 10. The molecule has 0 N–H and O–H groups in total. The summed E-state index contributed by atoms with van der Waals surface area (Å²) >= 11 is 0. The van der Waals surface area contributed by atoms with Crippen LogP contribution in [0.3, 0.4) is 0 Å². The smallest absolute Gasteiger partial charge is 0.419 e. The predicted molar refractivity (Wildman–Crippen MR) is 139 cm³/mol. The van der Waals surface area contributed by atoms with Gasteiger partial charge in [0, 0.05) is 0 Å². The van der Waals surface area contributed by atoms with Gasteiger partial charge in [-0.3, -0.25) is 4.79 Å². The Bertz CT molecular complexity index is 1200. The molecule has 4 rings (SSSR count). The second-order valence-electron chi connectivity index (χ2n) is 11.1. The standard InChI is InChI=1S/C31H35F7O4/c1-2-3-19-4-15-26(28(33)16-19)31(37,38)42-24-8-6-21(7-9-24)29(39)41-23-12-10-22(11-13-23)40-18-20-5-14-25(27(32)17-20)30(34,35)36/h4-5,14-17,21-24H,2-3,6-13,18H2,1H3. The maximum Gasteiger partial charge on any atom is 0.419 e. The third-order valence-corrected chi connectivity index (χ3v) is 7.94. The average molecular weight is 605 g/mol. The zero-order valence-corrected chi connectivity index (χ0v) is 23.3. The quantitative estimate of drug-likeness (QED) is 0.201. The van der Waals surface area contributed by atoms with Gasteiger partial charge in [0.2, 0.25) is 0 Å². The Morgan fingerprint density at radius 3 is 1.90 bits per heavy atom. The summed E-state index contributed by atoms with van der Waals surface area (Å²) in [7, 11) is 0. The summed E-state index contributed by atoms with van der Waals surface area (Å²) in [6, 6.07) is 6.36. The lowest BCUT2D eigenvalue weighted by molar-refractivity contribution is -0.279. The third-order valence-electron chi connectivity index (χ3n) is 7.94. The molecule has 2 aliphatic rings. The van der Waals surface area contributed by atoms with Gasteiger partial charge in [0.25, 0.3) is 0 Å². The normalized spacial score (nSPS) is 23.5. The molecule has 0 radical (unpaired) electrons. The van der Waals surface area contributed by atoms with E-state index in [2.05, 4.69) is 0 Å². The van der Waals surface area contributed by atoms with Crippen molar-refractivity contribution in [2.24, 2.45) is 5.92 Å². The van der Waals surface area contributed by atoms with Gasteiger partial charge in [0.05, 0.1) is 35.9 Å². The molecule has 0 unspecified atom stereocenters. The van der Waals surface area contributed by atoms with E-state index in [9.17, 15) is 35.5 Å². The molecular formula is C31H35F7O4. The lowest BCUT2D eigenvalue weighted by atomic mass is 9.87. The molecule has 0 spiro atoms. The minimum Gasteiger partial charge on any atom is -0.462 e. The first kappa shape index (κ1) is 32.3. The van der Waals surface area contributed by atoms with Gasteiger partial charge in [-0.15, -0.1) is 0 Å². The average Bonchev–Trinajstić information content (AvgIpc) is 2.92. The van der Waals surface area contributed by atoms with Crippen molar-refractivity contribution < 1.29 is 49.7 Å². The van der Waals surface area contributed by atoms with Crippen molar-refractivity contribution in [1.29, 1.82) is 0 Å². The highest BCUT2D eigenvalue weighted by molar-refractivity contribution is 5.72. The first-order chi connectivity index (χ1) is 19.9. The summed E-state index contributed by atoms with van der Waals surface area (Å²) in [5.41, 5.74) is -1.18. The molecule has 0 aliphatic heterocycles. The third kappa shape index (κ3) is 8.46. The number of hydrogen-bond acceptors (Lipinski definition) is 4. The van der Waals surface area contributed by atoms with Gasteiger partial charge >= 0.3 is 18.3 Å². The maximum absolute atomic E-state index is 14.7. The summed E-state index contributed by atoms with van der Waals surface area (Å²) in [5, 5.41) is 0. The predicted octanol–water partition coefficient (Wildman–Crippen LogP) is 8.63. The van der Waals surface area contributed by atoms with E-state index in [0.29, 0.717) is 62.1 Å². The zero-order valence-electron chi connectivity index (χ0n) is 23.3. The molecule has 0 amide bonds. The Labute approximate surface area is 240 Å². The van der Waals surface area contributed by atoms with Crippen LogP contribution in [0.1, 0.15) is 87.0 Å². The number of carbonyl (C=O) groups is 1. The van der Waals surface area contributed by atoms with Crippen molar-refractivity contribution in [3.05, 3.63) is 70.3 Å². The monoisotopic (exact) mass is 604 g/mol. The van der Waals surface area contributed by atoms with Crippen LogP contribution in [-0.2, 0) is 44.3 Å². The fourth-order valence-corrected chi connectivity index (χ4v) is 5.60. The fourth-order valence-electron chi connectivity index (χ4n) is 5.60. The molecular weight excluding hydrogens is 569 g/mol. The van der Waals surface area contributed by atoms with E-state index in [1.807, 2.05) is 6.92 Å². The van der Waals surface area contributed by atoms with Crippen LogP contribution in [0, 0.1) is 17.6 Å². The number of aryl methyl sites for hydroxylation is 1. The highest BCUT2D eigenvalue weighted by atomic mass is 19.4. The van der Waals surface area contributed by atoms with Gasteiger partial charge in [0.15, 0.2) is 0 Å². The van der Waals surface area contributed by atoms with Crippen molar-refractivity contribution in [2.45, 2.75) is 108 Å². The van der Waals surface area contributed by atoms with Crippen LogP contribution >= 0.6 is 0 Å². The number of carbonyl (C=O) groups excluding carboxylic acids is 1. The van der Waals surface area contributed by atoms with Gasteiger partial charge in [-0.05, 0) is 93.2 Å². The second-order valence-corrected chi connectivity index (χ2v) is 11.1. The first-order valence-electron chi connectivity index (χ1n) is 14.4. The van der Waals surface area contributed by atoms with E-state index < -0.39 is 47.1 Å². The zero-order chi connectivity index (χ0) is 30.5. The number of hydrogen-bond donors (Lipinski definition) is 0. The fraction of sp³-hybridized carbons (Fsp3) is 0.581. The van der Waals surface area contributed by atoms with E-state index in [1.165, 1.54) is 12.1 Å². The molecule has 2 fully saturated rings.